The van der Waals surface area contributed by atoms with E-state index in [-0.39, 0.29) is 28.9 Å². The number of sulfonamides is 1. The molecule has 1 aromatic carbocycles. The third kappa shape index (κ3) is 3.59. The van der Waals surface area contributed by atoms with Crippen molar-refractivity contribution in [3.63, 3.8) is 0 Å². The lowest BCUT2D eigenvalue weighted by atomic mass is 9.81. The molecule has 0 radical (unpaired) electrons. The Morgan fingerprint density at radius 2 is 1.91 bits per heavy atom. The van der Waals surface area contributed by atoms with E-state index in [1.165, 1.54) is 12.1 Å². The number of carbonyl (C=O) groups excluding carboxylic acids is 1. The zero-order valence-corrected chi connectivity index (χ0v) is 14.2. The molecule has 0 amide bonds. The van der Waals surface area contributed by atoms with Crippen LogP contribution in [-0.4, -0.2) is 26.5 Å². The molecule has 0 spiro atoms. The van der Waals surface area contributed by atoms with Crippen molar-refractivity contribution in [1.82, 2.24) is 4.72 Å². The summed E-state index contributed by atoms with van der Waals surface area (Å²) >= 11 is 5.79. The van der Waals surface area contributed by atoms with Crippen LogP contribution in [0, 0.1) is 5.92 Å². The summed E-state index contributed by atoms with van der Waals surface area (Å²) in [6.45, 7) is 1.72. The summed E-state index contributed by atoms with van der Waals surface area (Å²) in [6.07, 6.45) is 3.70. The SMILES string of the molecule is CC1=CC2CC(NS(=O)(=O)c3ccc(Cl)cc3)CCC2OC1=O. The van der Waals surface area contributed by atoms with Crippen LogP contribution in [0.2, 0.25) is 5.02 Å². The summed E-state index contributed by atoms with van der Waals surface area (Å²) in [5.74, 6) is -0.203. The largest absolute Gasteiger partial charge is 0.458 e. The van der Waals surface area contributed by atoms with Gasteiger partial charge in [-0.3, -0.25) is 0 Å². The zero-order valence-electron chi connectivity index (χ0n) is 12.7. The Morgan fingerprint density at radius 3 is 2.61 bits per heavy atom. The van der Waals surface area contributed by atoms with Crippen molar-refractivity contribution in [1.29, 1.82) is 0 Å². The molecule has 1 aliphatic carbocycles. The number of carbonyl (C=O) groups is 1. The van der Waals surface area contributed by atoms with Crippen molar-refractivity contribution in [2.45, 2.75) is 43.2 Å². The molecule has 3 unspecified atom stereocenters. The molecule has 1 aromatic rings. The molecule has 7 heteroatoms. The molecule has 1 N–H and O–H groups in total. The Hall–Kier alpha value is -1.37. The molecule has 0 aromatic heterocycles. The van der Waals surface area contributed by atoms with E-state index in [2.05, 4.69) is 4.72 Å². The zero-order chi connectivity index (χ0) is 16.6. The summed E-state index contributed by atoms with van der Waals surface area (Å²) in [4.78, 5) is 11.8. The molecule has 1 aliphatic heterocycles. The van der Waals surface area contributed by atoms with Crippen molar-refractivity contribution in [3.05, 3.63) is 40.9 Å². The van der Waals surface area contributed by atoms with Gasteiger partial charge in [0.1, 0.15) is 6.10 Å². The standard InChI is InChI=1S/C16H18ClNO4S/c1-10-8-11-9-13(4-7-15(11)22-16(10)19)18-23(20,21)14-5-2-12(17)3-6-14/h2-3,5-6,8,11,13,15,18H,4,7,9H2,1H3. The van der Waals surface area contributed by atoms with E-state index in [1.807, 2.05) is 6.08 Å². The average molecular weight is 356 g/mol. The third-order valence-electron chi connectivity index (χ3n) is 4.32. The number of benzene rings is 1. The number of halogens is 1. The van der Waals surface area contributed by atoms with Crippen LogP contribution < -0.4 is 4.72 Å². The van der Waals surface area contributed by atoms with Gasteiger partial charge >= 0.3 is 5.97 Å². The normalized spacial score (nSPS) is 27.8. The van der Waals surface area contributed by atoms with E-state index >= 15 is 0 Å². The summed E-state index contributed by atoms with van der Waals surface area (Å²) < 4.78 is 33.0. The van der Waals surface area contributed by atoms with Gasteiger partial charge in [-0.1, -0.05) is 17.7 Å². The Balaban J connectivity index is 1.72. The van der Waals surface area contributed by atoms with Crippen LogP contribution in [0.1, 0.15) is 26.2 Å². The van der Waals surface area contributed by atoms with Crippen molar-refractivity contribution >= 4 is 27.6 Å². The van der Waals surface area contributed by atoms with E-state index in [0.29, 0.717) is 29.9 Å². The van der Waals surface area contributed by atoms with Crippen LogP contribution in [0.4, 0.5) is 0 Å². The third-order valence-corrected chi connectivity index (χ3v) is 6.11. The number of hydrogen-bond donors (Lipinski definition) is 1. The van der Waals surface area contributed by atoms with Crippen LogP contribution in [0.5, 0.6) is 0 Å². The van der Waals surface area contributed by atoms with Crippen LogP contribution >= 0.6 is 11.6 Å². The minimum atomic E-state index is -3.58. The van der Waals surface area contributed by atoms with Gasteiger partial charge in [0, 0.05) is 22.6 Å². The fraction of sp³-hybridized carbons (Fsp3) is 0.438. The maximum atomic E-state index is 12.4. The van der Waals surface area contributed by atoms with Crippen LogP contribution in [0.25, 0.3) is 0 Å². The molecular formula is C16H18ClNO4S. The van der Waals surface area contributed by atoms with Crippen LogP contribution in [-0.2, 0) is 19.6 Å². The number of fused-ring (bicyclic) bond motifs is 1. The molecule has 1 fully saturated rings. The Kier molecular flexibility index (Phi) is 4.49. The predicted octanol–water partition coefficient (Wildman–Crippen LogP) is 2.66. The minimum absolute atomic E-state index is 0.0689. The first-order valence-corrected chi connectivity index (χ1v) is 9.38. The summed E-state index contributed by atoms with van der Waals surface area (Å²) in [6, 6.07) is 5.92. The van der Waals surface area contributed by atoms with E-state index in [0.717, 1.165) is 0 Å². The first kappa shape index (κ1) is 16.5. The van der Waals surface area contributed by atoms with E-state index < -0.39 is 10.0 Å². The second kappa shape index (κ2) is 6.26. The summed E-state index contributed by atoms with van der Waals surface area (Å²) in [5, 5.41) is 0.495. The number of rotatable bonds is 3. The second-order valence-electron chi connectivity index (χ2n) is 6.04. The quantitative estimate of drug-likeness (QED) is 0.846. The molecule has 0 saturated heterocycles. The number of ether oxygens (including phenoxy) is 1. The molecule has 3 atom stereocenters. The van der Waals surface area contributed by atoms with Gasteiger partial charge in [-0.2, -0.15) is 0 Å². The van der Waals surface area contributed by atoms with E-state index in [9.17, 15) is 13.2 Å². The second-order valence-corrected chi connectivity index (χ2v) is 8.19. The molecule has 3 rings (SSSR count). The maximum Gasteiger partial charge on any atom is 0.333 e. The van der Waals surface area contributed by atoms with Gasteiger partial charge in [0.05, 0.1) is 4.90 Å². The monoisotopic (exact) mass is 355 g/mol. The fourth-order valence-electron chi connectivity index (χ4n) is 3.13. The molecule has 5 nitrogen and oxygen atoms in total. The highest BCUT2D eigenvalue weighted by Crippen LogP contribution is 2.33. The predicted molar refractivity (Wildman–Crippen MR) is 86.5 cm³/mol. The van der Waals surface area contributed by atoms with Gasteiger partial charge in [0.2, 0.25) is 10.0 Å². The fourth-order valence-corrected chi connectivity index (χ4v) is 4.54. The highest BCUT2D eigenvalue weighted by Gasteiger charge is 2.36. The van der Waals surface area contributed by atoms with Gasteiger partial charge in [-0.15, -0.1) is 0 Å². The highest BCUT2D eigenvalue weighted by atomic mass is 35.5. The summed E-state index contributed by atoms with van der Waals surface area (Å²) in [5.41, 5.74) is 0.590. The minimum Gasteiger partial charge on any atom is -0.458 e. The van der Waals surface area contributed by atoms with Crippen molar-refractivity contribution < 1.29 is 17.9 Å². The Labute approximate surface area is 140 Å². The molecule has 1 saturated carbocycles. The highest BCUT2D eigenvalue weighted by molar-refractivity contribution is 7.89. The molecule has 2 aliphatic rings. The maximum absolute atomic E-state index is 12.4. The first-order valence-electron chi connectivity index (χ1n) is 7.52. The van der Waals surface area contributed by atoms with Gasteiger partial charge < -0.3 is 4.74 Å². The Bertz CT molecular complexity index is 742. The molecule has 1 heterocycles. The average Bonchev–Trinajstić information content (AvgIpc) is 2.49. The van der Waals surface area contributed by atoms with Gasteiger partial charge in [-0.25, -0.2) is 17.9 Å². The lowest BCUT2D eigenvalue weighted by Crippen LogP contribution is -2.44. The Morgan fingerprint density at radius 1 is 1.22 bits per heavy atom. The molecule has 124 valence electrons. The van der Waals surface area contributed by atoms with Crippen molar-refractivity contribution in [2.75, 3.05) is 0 Å². The van der Waals surface area contributed by atoms with Crippen molar-refractivity contribution in [3.8, 4) is 0 Å². The molecule has 0 bridgehead atoms. The number of hydrogen-bond acceptors (Lipinski definition) is 4. The molecular weight excluding hydrogens is 338 g/mol. The van der Waals surface area contributed by atoms with E-state index in [4.69, 9.17) is 16.3 Å². The smallest absolute Gasteiger partial charge is 0.333 e. The number of nitrogens with one attached hydrogen (secondary N) is 1. The topological polar surface area (TPSA) is 72.5 Å². The van der Waals surface area contributed by atoms with E-state index in [1.54, 1.807) is 19.1 Å². The van der Waals surface area contributed by atoms with Gasteiger partial charge in [0.25, 0.3) is 0 Å². The number of esters is 1. The van der Waals surface area contributed by atoms with Gasteiger partial charge in [-0.05, 0) is 50.5 Å². The first-order chi connectivity index (χ1) is 10.8. The summed E-state index contributed by atoms with van der Waals surface area (Å²) in [7, 11) is -3.58. The van der Waals surface area contributed by atoms with Crippen LogP contribution in [0.3, 0.4) is 0 Å². The lowest BCUT2D eigenvalue weighted by Gasteiger charge is -2.37. The van der Waals surface area contributed by atoms with Crippen molar-refractivity contribution in [2.24, 2.45) is 5.92 Å². The van der Waals surface area contributed by atoms with Crippen LogP contribution in [0.15, 0.2) is 40.8 Å². The lowest BCUT2D eigenvalue weighted by molar-refractivity contribution is -0.149. The molecule has 23 heavy (non-hydrogen) atoms. The van der Waals surface area contributed by atoms with Gasteiger partial charge in [0.15, 0.2) is 0 Å².